The molecular formula is C26H32IN5O2. The van der Waals surface area contributed by atoms with Gasteiger partial charge in [-0.1, -0.05) is 60.7 Å². The van der Waals surface area contributed by atoms with E-state index in [4.69, 9.17) is 14.1 Å². The number of morpholine rings is 1. The van der Waals surface area contributed by atoms with E-state index in [0.29, 0.717) is 18.5 Å². The summed E-state index contributed by atoms with van der Waals surface area (Å²) < 4.78 is 12.1. The summed E-state index contributed by atoms with van der Waals surface area (Å²) in [5.74, 6) is 2.26. The average Bonchev–Trinajstić information content (AvgIpc) is 3.51. The number of halogens is 1. The van der Waals surface area contributed by atoms with Gasteiger partial charge >= 0.3 is 0 Å². The number of fused-ring (bicyclic) bond motifs is 1. The fourth-order valence-electron chi connectivity index (χ4n) is 4.63. The zero-order valence-electron chi connectivity index (χ0n) is 19.5. The highest BCUT2D eigenvalue weighted by Crippen LogP contribution is 2.25. The SMILES string of the molecule is CCNC(=NCc1ncc(-c2ccccc2)o1)N1CC2OCCN(Cc3ccccc3)C2C1.I. The van der Waals surface area contributed by atoms with Crippen LogP contribution < -0.4 is 5.32 Å². The molecule has 34 heavy (non-hydrogen) atoms. The van der Waals surface area contributed by atoms with E-state index in [9.17, 15) is 0 Å². The van der Waals surface area contributed by atoms with Gasteiger partial charge in [0, 0.05) is 38.3 Å². The molecule has 180 valence electrons. The maximum atomic E-state index is 6.15. The largest absolute Gasteiger partial charge is 0.439 e. The van der Waals surface area contributed by atoms with Crippen LogP contribution in [0.2, 0.25) is 0 Å². The summed E-state index contributed by atoms with van der Waals surface area (Å²) in [4.78, 5) is 14.1. The zero-order chi connectivity index (χ0) is 22.5. The summed E-state index contributed by atoms with van der Waals surface area (Å²) in [6.45, 7) is 7.70. The van der Waals surface area contributed by atoms with Crippen LogP contribution in [0.15, 0.2) is 76.3 Å². The molecule has 2 aliphatic heterocycles. The van der Waals surface area contributed by atoms with E-state index >= 15 is 0 Å². The fourth-order valence-corrected chi connectivity index (χ4v) is 4.63. The minimum atomic E-state index is 0. The highest BCUT2D eigenvalue weighted by molar-refractivity contribution is 14.0. The van der Waals surface area contributed by atoms with E-state index in [1.807, 2.05) is 30.3 Å². The van der Waals surface area contributed by atoms with E-state index in [0.717, 1.165) is 56.6 Å². The summed E-state index contributed by atoms with van der Waals surface area (Å²) in [6.07, 6.45) is 1.96. The number of rotatable bonds is 6. The van der Waals surface area contributed by atoms with Crippen molar-refractivity contribution in [2.45, 2.75) is 32.2 Å². The van der Waals surface area contributed by atoms with Crippen LogP contribution in [-0.4, -0.2) is 65.7 Å². The second kappa shape index (κ2) is 11.8. The van der Waals surface area contributed by atoms with Gasteiger partial charge in [-0.25, -0.2) is 9.98 Å². The maximum Gasteiger partial charge on any atom is 0.216 e. The monoisotopic (exact) mass is 573 g/mol. The number of likely N-dealkylation sites (tertiary alicyclic amines) is 1. The van der Waals surface area contributed by atoms with Gasteiger partial charge in [-0.2, -0.15) is 0 Å². The lowest BCUT2D eigenvalue weighted by atomic mass is 10.1. The minimum absolute atomic E-state index is 0. The highest BCUT2D eigenvalue weighted by Gasteiger charge is 2.41. The lowest BCUT2D eigenvalue weighted by Gasteiger charge is -2.36. The number of hydrogen-bond acceptors (Lipinski definition) is 5. The number of guanidine groups is 1. The quantitative estimate of drug-likeness (QED) is 0.273. The Labute approximate surface area is 218 Å². The van der Waals surface area contributed by atoms with Crippen LogP contribution >= 0.6 is 24.0 Å². The Hall–Kier alpha value is -2.43. The Balaban J connectivity index is 0.00000274. The molecule has 1 N–H and O–H groups in total. The summed E-state index contributed by atoms with van der Waals surface area (Å²) >= 11 is 0. The number of aromatic nitrogens is 1. The summed E-state index contributed by atoms with van der Waals surface area (Å²) in [5, 5.41) is 3.44. The second-order valence-corrected chi connectivity index (χ2v) is 8.49. The molecule has 2 fully saturated rings. The molecule has 0 saturated carbocycles. The van der Waals surface area contributed by atoms with E-state index in [1.54, 1.807) is 6.20 Å². The van der Waals surface area contributed by atoms with Gasteiger partial charge in [-0.15, -0.1) is 24.0 Å². The lowest BCUT2D eigenvalue weighted by Crippen LogP contribution is -2.50. The van der Waals surface area contributed by atoms with Crippen molar-refractivity contribution in [2.24, 2.45) is 4.99 Å². The van der Waals surface area contributed by atoms with Crippen molar-refractivity contribution in [3.8, 4) is 11.3 Å². The first kappa shape index (κ1) is 24.7. The third-order valence-corrected chi connectivity index (χ3v) is 6.26. The Kier molecular flexibility index (Phi) is 8.58. The van der Waals surface area contributed by atoms with Crippen molar-refractivity contribution in [3.05, 3.63) is 78.3 Å². The van der Waals surface area contributed by atoms with Crippen LogP contribution in [-0.2, 0) is 17.8 Å². The van der Waals surface area contributed by atoms with Crippen molar-refractivity contribution in [1.82, 2.24) is 20.1 Å². The molecule has 0 aliphatic carbocycles. The number of oxazole rings is 1. The van der Waals surface area contributed by atoms with Gasteiger partial charge < -0.3 is 19.4 Å². The molecule has 0 spiro atoms. The zero-order valence-corrected chi connectivity index (χ0v) is 21.8. The fraction of sp³-hybridized carbons (Fsp3) is 0.385. The number of hydrogen-bond donors (Lipinski definition) is 1. The van der Waals surface area contributed by atoms with Crippen molar-refractivity contribution in [2.75, 3.05) is 32.8 Å². The van der Waals surface area contributed by atoms with Crippen molar-refractivity contribution in [3.63, 3.8) is 0 Å². The highest BCUT2D eigenvalue weighted by atomic mass is 127. The molecule has 2 atom stereocenters. The van der Waals surface area contributed by atoms with Crippen LogP contribution in [0.3, 0.4) is 0 Å². The first-order chi connectivity index (χ1) is 16.3. The molecule has 2 saturated heterocycles. The van der Waals surface area contributed by atoms with Crippen LogP contribution in [0.4, 0.5) is 0 Å². The van der Waals surface area contributed by atoms with Crippen molar-refractivity contribution in [1.29, 1.82) is 0 Å². The molecule has 2 aromatic carbocycles. The molecule has 5 rings (SSSR count). The van der Waals surface area contributed by atoms with Crippen LogP contribution in [0.1, 0.15) is 18.4 Å². The lowest BCUT2D eigenvalue weighted by molar-refractivity contribution is -0.0502. The molecule has 2 unspecified atom stereocenters. The first-order valence-corrected chi connectivity index (χ1v) is 11.7. The summed E-state index contributed by atoms with van der Waals surface area (Å²) in [7, 11) is 0. The predicted octanol–water partition coefficient (Wildman–Crippen LogP) is 4.01. The smallest absolute Gasteiger partial charge is 0.216 e. The van der Waals surface area contributed by atoms with Crippen molar-refractivity contribution < 1.29 is 9.15 Å². The average molecular weight is 573 g/mol. The number of benzene rings is 2. The number of nitrogens with one attached hydrogen (secondary N) is 1. The van der Waals surface area contributed by atoms with Gasteiger partial charge in [-0.05, 0) is 12.5 Å². The number of ether oxygens (including phenoxy) is 1. The molecule has 1 aromatic heterocycles. The Morgan fingerprint density at radius 3 is 2.62 bits per heavy atom. The molecule has 7 nitrogen and oxygen atoms in total. The van der Waals surface area contributed by atoms with Gasteiger partial charge in [-0.3, -0.25) is 4.90 Å². The minimum Gasteiger partial charge on any atom is -0.439 e. The molecule has 8 heteroatoms. The molecule has 0 amide bonds. The molecular weight excluding hydrogens is 541 g/mol. The van der Waals surface area contributed by atoms with Crippen LogP contribution in [0.5, 0.6) is 0 Å². The Morgan fingerprint density at radius 1 is 1.09 bits per heavy atom. The van der Waals surface area contributed by atoms with Gasteiger partial charge in [0.1, 0.15) is 6.54 Å². The molecule has 0 radical (unpaired) electrons. The third kappa shape index (κ3) is 5.79. The summed E-state index contributed by atoms with van der Waals surface area (Å²) in [5.41, 5.74) is 2.36. The summed E-state index contributed by atoms with van der Waals surface area (Å²) in [6, 6.07) is 21.1. The topological polar surface area (TPSA) is 66.1 Å². The maximum absolute atomic E-state index is 6.15. The normalized spacial score (nSPS) is 20.6. The van der Waals surface area contributed by atoms with E-state index in [2.05, 4.69) is 57.4 Å². The van der Waals surface area contributed by atoms with Crippen LogP contribution in [0.25, 0.3) is 11.3 Å². The van der Waals surface area contributed by atoms with Gasteiger partial charge in [0.15, 0.2) is 11.7 Å². The van der Waals surface area contributed by atoms with Gasteiger partial charge in [0.25, 0.3) is 0 Å². The second-order valence-electron chi connectivity index (χ2n) is 8.49. The van der Waals surface area contributed by atoms with Gasteiger partial charge in [0.2, 0.25) is 5.89 Å². The number of nitrogens with zero attached hydrogens (tertiary/aromatic N) is 4. The standard InChI is InChI=1S/C26H31N5O2.HI/c1-2-27-26(29-16-25-28-15-23(33-25)21-11-7-4-8-12-21)31-18-22-24(19-31)32-14-13-30(22)17-20-9-5-3-6-10-20;/h3-12,15,22,24H,2,13-14,16-19H2,1H3,(H,27,29);1H. The van der Waals surface area contributed by atoms with E-state index in [-0.39, 0.29) is 30.1 Å². The van der Waals surface area contributed by atoms with Crippen LogP contribution in [0, 0.1) is 0 Å². The van der Waals surface area contributed by atoms with Gasteiger partial charge in [0.05, 0.1) is 24.9 Å². The molecule has 3 heterocycles. The van der Waals surface area contributed by atoms with E-state index in [1.165, 1.54) is 5.56 Å². The molecule has 3 aromatic rings. The number of aliphatic imine (C=N–C) groups is 1. The Bertz CT molecular complexity index is 1060. The van der Waals surface area contributed by atoms with Crippen molar-refractivity contribution >= 4 is 29.9 Å². The first-order valence-electron chi connectivity index (χ1n) is 11.7. The Morgan fingerprint density at radius 2 is 1.85 bits per heavy atom. The molecule has 2 aliphatic rings. The van der Waals surface area contributed by atoms with E-state index < -0.39 is 0 Å². The predicted molar refractivity (Wildman–Crippen MR) is 144 cm³/mol. The third-order valence-electron chi connectivity index (χ3n) is 6.26. The molecule has 0 bridgehead atoms.